The number of nitrogens with zero attached hydrogens (tertiary/aromatic N) is 4. The van der Waals surface area contributed by atoms with Crippen LogP contribution in [0.2, 0.25) is 0 Å². The second-order valence-electron chi connectivity index (χ2n) is 5.73. The van der Waals surface area contributed by atoms with Crippen LogP contribution in [0.4, 0.5) is 10.3 Å². The van der Waals surface area contributed by atoms with Crippen LogP contribution in [0, 0.1) is 5.82 Å². The highest BCUT2D eigenvalue weighted by atomic mass is 19.1. The molecule has 2 aliphatic rings. The average Bonchev–Trinajstić information content (AvgIpc) is 2.55. The van der Waals surface area contributed by atoms with Crippen LogP contribution in [0.3, 0.4) is 0 Å². The molecular formula is C14H19FN4O3. The summed E-state index contributed by atoms with van der Waals surface area (Å²) in [7, 11) is 0. The van der Waals surface area contributed by atoms with E-state index in [-0.39, 0.29) is 5.91 Å². The Morgan fingerprint density at radius 3 is 2.86 bits per heavy atom. The summed E-state index contributed by atoms with van der Waals surface area (Å²) in [6, 6.07) is 0. The molecule has 0 aromatic carbocycles. The van der Waals surface area contributed by atoms with E-state index in [9.17, 15) is 9.18 Å². The average molecular weight is 310 g/mol. The van der Waals surface area contributed by atoms with E-state index < -0.39 is 18.0 Å². The van der Waals surface area contributed by atoms with Crippen molar-refractivity contribution in [3.8, 4) is 0 Å². The molecule has 2 saturated heterocycles. The molecule has 8 heteroatoms. The molecule has 3 heterocycles. The number of aromatic nitrogens is 2. The summed E-state index contributed by atoms with van der Waals surface area (Å²) in [5.41, 5.74) is -0.473. The number of aliphatic hydroxyl groups is 1. The van der Waals surface area contributed by atoms with Crippen LogP contribution in [-0.4, -0.2) is 70.9 Å². The van der Waals surface area contributed by atoms with Crippen molar-refractivity contribution in [2.45, 2.75) is 18.4 Å². The first-order chi connectivity index (χ1) is 10.6. The number of carbonyl (C=O) groups is 1. The van der Waals surface area contributed by atoms with Gasteiger partial charge in [-0.25, -0.2) is 14.4 Å². The van der Waals surface area contributed by atoms with Crippen molar-refractivity contribution in [3.05, 3.63) is 18.2 Å². The molecule has 1 aromatic rings. The molecule has 0 unspecified atom stereocenters. The molecule has 2 fully saturated rings. The van der Waals surface area contributed by atoms with Crippen molar-refractivity contribution in [2.24, 2.45) is 0 Å². The van der Waals surface area contributed by atoms with Crippen LogP contribution in [0.25, 0.3) is 0 Å². The van der Waals surface area contributed by atoms with Gasteiger partial charge in [-0.05, 0) is 12.8 Å². The van der Waals surface area contributed by atoms with Gasteiger partial charge >= 0.3 is 0 Å². The van der Waals surface area contributed by atoms with Crippen LogP contribution in [-0.2, 0) is 9.53 Å². The van der Waals surface area contributed by atoms with Crippen molar-refractivity contribution in [2.75, 3.05) is 44.3 Å². The standard InChI is InChI=1S/C14H19FN4O3/c15-11-6-16-13(17-7-11)19-3-1-2-14(10-19)9-18(4-5-22-14)12(21)8-20/h6-7,20H,1-5,8-10H2/t14-/m0/s1. The van der Waals surface area contributed by atoms with Gasteiger partial charge in [0.15, 0.2) is 5.82 Å². The van der Waals surface area contributed by atoms with E-state index in [0.29, 0.717) is 32.2 Å². The summed E-state index contributed by atoms with van der Waals surface area (Å²) in [4.78, 5) is 23.3. The highest BCUT2D eigenvalue weighted by molar-refractivity contribution is 5.77. The molecule has 0 saturated carbocycles. The lowest BCUT2D eigenvalue weighted by molar-refractivity contribution is -0.154. The third kappa shape index (κ3) is 3.02. The molecular weight excluding hydrogens is 291 g/mol. The summed E-state index contributed by atoms with van der Waals surface area (Å²) in [5.74, 6) is -0.281. The maximum Gasteiger partial charge on any atom is 0.248 e. The van der Waals surface area contributed by atoms with E-state index in [4.69, 9.17) is 9.84 Å². The molecule has 3 rings (SSSR count). The number of amides is 1. The molecule has 120 valence electrons. The lowest BCUT2D eigenvalue weighted by Gasteiger charge is -2.47. The lowest BCUT2D eigenvalue weighted by atomic mass is 9.91. The Labute approximate surface area is 127 Å². The highest BCUT2D eigenvalue weighted by Crippen LogP contribution is 2.30. The van der Waals surface area contributed by atoms with Crippen molar-refractivity contribution in [1.29, 1.82) is 0 Å². The van der Waals surface area contributed by atoms with Gasteiger partial charge in [-0.2, -0.15) is 0 Å². The van der Waals surface area contributed by atoms with Crippen molar-refractivity contribution in [1.82, 2.24) is 14.9 Å². The van der Waals surface area contributed by atoms with E-state index in [0.717, 1.165) is 31.8 Å². The third-order valence-electron chi connectivity index (χ3n) is 4.17. The Kier molecular flexibility index (Phi) is 4.21. The predicted molar refractivity (Wildman–Crippen MR) is 75.8 cm³/mol. The molecule has 2 aliphatic heterocycles. The number of piperidine rings is 1. The minimum atomic E-state index is -0.485. The monoisotopic (exact) mass is 310 g/mol. The Bertz CT molecular complexity index is 537. The number of anilines is 1. The zero-order valence-corrected chi connectivity index (χ0v) is 12.2. The molecule has 0 aliphatic carbocycles. The normalized spacial score (nSPS) is 25.5. The van der Waals surface area contributed by atoms with E-state index in [1.54, 1.807) is 4.90 Å². The van der Waals surface area contributed by atoms with Crippen molar-refractivity contribution in [3.63, 3.8) is 0 Å². The van der Waals surface area contributed by atoms with Crippen LogP contribution in [0.15, 0.2) is 12.4 Å². The Morgan fingerprint density at radius 2 is 2.14 bits per heavy atom. The fraction of sp³-hybridized carbons (Fsp3) is 0.643. The number of ether oxygens (including phenoxy) is 1. The van der Waals surface area contributed by atoms with Gasteiger partial charge < -0.3 is 19.6 Å². The Morgan fingerprint density at radius 1 is 1.36 bits per heavy atom. The van der Waals surface area contributed by atoms with Gasteiger partial charge in [0, 0.05) is 13.1 Å². The van der Waals surface area contributed by atoms with Gasteiger partial charge in [0.1, 0.15) is 12.2 Å². The van der Waals surface area contributed by atoms with Gasteiger partial charge in [-0.15, -0.1) is 0 Å². The van der Waals surface area contributed by atoms with Crippen LogP contribution in [0.1, 0.15) is 12.8 Å². The second-order valence-corrected chi connectivity index (χ2v) is 5.73. The minimum absolute atomic E-state index is 0.280. The van der Waals surface area contributed by atoms with E-state index in [1.165, 1.54) is 0 Å². The second kappa shape index (κ2) is 6.13. The molecule has 1 spiro atoms. The quantitative estimate of drug-likeness (QED) is 0.815. The summed E-state index contributed by atoms with van der Waals surface area (Å²) in [6.45, 7) is 2.22. The molecule has 0 radical (unpaired) electrons. The Balaban J connectivity index is 1.74. The van der Waals surface area contributed by atoms with Gasteiger partial charge in [0.25, 0.3) is 0 Å². The summed E-state index contributed by atoms with van der Waals surface area (Å²) in [6.07, 6.45) is 4.00. The van der Waals surface area contributed by atoms with Crippen LogP contribution in [0.5, 0.6) is 0 Å². The number of hydrogen-bond acceptors (Lipinski definition) is 6. The fourth-order valence-corrected chi connectivity index (χ4v) is 3.14. The molecule has 1 N–H and O–H groups in total. The van der Waals surface area contributed by atoms with E-state index >= 15 is 0 Å². The number of halogens is 1. The first-order valence-electron chi connectivity index (χ1n) is 7.37. The molecule has 0 bridgehead atoms. The minimum Gasteiger partial charge on any atom is -0.387 e. The van der Waals surface area contributed by atoms with Crippen LogP contribution < -0.4 is 4.90 Å². The molecule has 1 amide bonds. The highest BCUT2D eigenvalue weighted by Gasteiger charge is 2.42. The lowest BCUT2D eigenvalue weighted by Crippen LogP contribution is -2.61. The number of aliphatic hydroxyl groups excluding tert-OH is 1. The SMILES string of the molecule is O=C(CO)N1CCO[C@@]2(CCCN(c3ncc(F)cn3)C2)C1. The summed E-state index contributed by atoms with van der Waals surface area (Å²) < 4.78 is 18.9. The zero-order chi connectivity index (χ0) is 15.6. The van der Waals surface area contributed by atoms with Gasteiger partial charge in [-0.1, -0.05) is 0 Å². The predicted octanol–water partition coefficient (Wildman–Crippen LogP) is -0.194. The molecule has 7 nitrogen and oxygen atoms in total. The third-order valence-corrected chi connectivity index (χ3v) is 4.17. The smallest absolute Gasteiger partial charge is 0.248 e. The first kappa shape index (κ1) is 15.1. The number of morpholine rings is 1. The number of carbonyl (C=O) groups excluding carboxylic acids is 1. The van der Waals surface area contributed by atoms with Crippen LogP contribution >= 0.6 is 0 Å². The Hall–Kier alpha value is -1.80. The zero-order valence-electron chi connectivity index (χ0n) is 12.2. The summed E-state index contributed by atoms with van der Waals surface area (Å²) in [5, 5.41) is 9.03. The van der Waals surface area contributed by atoms with Gasteiger partial charge in [0.05, 0.1) is 32.1 Å². The largest absolute Gasteiger partial charge is 0.387 e. The summed E-state index contributed by atoms with van der Waals surface area (Å²) >= 11 is 0. The van der Waals surface area contributed by atoms with Crippen molar-refractivity contribution >= 4 is 11.9 Å². The maximum absolute atomic E-state index is 12.9. The topological polar surface area (TPSA) is 78.8 Å². The van der Waals surface area contributed by atoms with E-state index in [2.05, 4.69) is 9.97 Å². The van der Waals surface area contributed by atoms with Gasteiger partial charge in [-0.3, -0.25) is 4.79 Å². The molecule has 1 aromatic heterocycles. The number of hydrogen-bond donors (Lipinski definition) is 1. The maximum atomic E-state index is 12.9. The van der Waals surface area contributed by atoms with Gasteiger partial charge in [0.2, 0.25) is 11.9 Å². The molecule has 22 heavy (non-hydrogen) atoms. The van der Waals surface area contributed by atoms with Crippen molar-refractivity contribution < 1.29 is 19.0 Å². The van der Waals surface area contributed by atoms with E-state index in [1.807, 2.05) is 4.90 Å². The fourth-order valence-electron chi connectivity index (χ4n) is 3.14. The number of rotatable bonds is 2. The molecule has 1 atom stereocenters. The first-order valence-corrected chi connectivity index (χ1v) is 7.37.